The van der Waals surface area contributed by atoms with Gasteiger partial charge in [-0.15, -0.1) is 12.4 Å². The number of piperazine rings is 1. The Bertz CT molecular complexity index is 479. The first-order valence-electron chi connectivity index (χ1n) is 7.38. The van der Waals surface area contributed by atoms with E-state index >= 15 is 0 Å². The van der Waals surface area contributed by atoms with Crippen LogP contribution in [0.5, 0.6) is 5.75 Å². The fourth-order valence-electron chi connectivity index (χ4n) is 3.06. The molecule has 1 aliphatic heterocycles. The third-order valence-electron chi connectivity index (χ3n) is 4.15. The quantitative estimate of drug-likeness (QED) is 0.868. The number of rotatable bonds is 5. The predicted octanol–water partition coefficient (Wildman–Crippen LogP) is 2.22. The lowest BCUT2D eigenvalue weighted by atomic mass is 9.79. The van der Waals surface area contributed by atoms with Gasteiger partial charge in [0.2, 0.25) is 0 Å². The molecule has 0 aliphatic carbocycles. The highest BCUT2D eigenvalue weighted by Gasteiger charge is 2.37. The van der Waals surface area contributed by atoms with E-state index in [-0.39, 0.29) is 30.9 Å². The summed E-state index contributed by atoms with van der Waals surface area (Å²) in [5.41, 5.74) is 0.414. The smallest absolute Gasteiger partial charge is 0.123 e. The Hall–Kier alpha value is -0.880. The number of halogens is 2. The highest BCUT2D eigenvalue weighted by molar-refractivity contribution is 5.85. The highest BCUT2D eigenvalue weighted by Crippen LogP contribution is 2.42. The van der Waals surface area contributed by atoms with E-state index in [2.05, 4.69) is 10.2 Å². The van der Waals surface area contributed by atoms with Crippen LogP contribution in [0.3, 0.4) is 0 Å². The average Bonchev–Trinajstić information content (AvgIpc) is 2.48. The molecule has 1 aliphatic rings. The van der Waals surface area contributed by atoms with Crippen LogP contribution in [0.25, 0.3) is 0 Å². The fourth-order valence-corrected chi connectivity index (χ4v) is 3.06. The minimum Gasteiger partial charge on any atom is -0.496 e. The van der Waals surface area contributed by atoms with Gasteiger partial charge in [0.25, 0.3) is 0 Å². The molecule has 0 saturated carbocycles. The van der Waals surface area contributed by atoms with Crippen LogP contribution >= 0.6 is 12.4 Å². The summed E-state index contributed by atoms with van der Waals surface area (Å²) >= 11 is 0. The minimum atomic E-state index is -0.390. The SMILES string of the molecule is COc1ccc(F)cc1[C@@H](N1CCNCC1)C(C)(C)CO.Cl. The molecule has 6 heteroatoms. The molecular weight excluding hydrogens is 307 g/mol. The van der Waals surface area contributed by atoms with Gasteiger partial charge >= 0.3 is 0 Å². The molecule has 0 aromatic heterocycles. The van der Waals surface area contributed by atoms with Crippen LogP contribution in [-0.4, -0.2) is 49.9 Å². The van der Waals surface area contributed by atoms with Gasteiger partial charge in [0, 0.05) is 49.8 Å². The zero-order valence-corrected chi connectivity index (χ0v) is 14.3. The first kappa shape index (κ1) is 19.2. The molecule has 0 unspecified atom stereocenters. The Morgan fingerprint density at radius 3 is 2.55 bits per heavy atom. The molecule has 126 valence electrons. The van der Waals surface area contributed by atoms with Crippen molar-refractivity contribution in [3.05, 3.63) is 29.6 Å². The first-order chi connectivity index (χ1) is 9.99. The summed E-state index contributed by atoms with van der Waals surface area (Å²) in [7, 11) is 1.59. The molecule has 1 aromatic carbocycles. The van der Waals surface area contributed by atoms with Crippen molar-refractivity contribution >= 4 is 12.4 Å². The second kappa shape index (κ2) is 8.11. The number of hydrogen-bond acceptors (Lipinski definition) is 4. The Kier molecular flexibility index (Phi) is 7.06. The van der Waals surface area contributed by atoms with E-state index in [1.807, 2.05) is 13.8 Å². The summed E-state index contributed by atoms with van der Waals surface area (Å²) in [5.74, 6) is 0.390. The number of hydrogen-bond donors (Lipinski definition) is 2. The van der Waals surface area contributed by atoms with Gasteiger partial charge in [-0.2, -0.15) is 0 Å². The van der Waals surface area contributed by atoms with E-state index in [4.69, 9.17) is 4.74 Å². The topological polar surface area (TPSA) is 44.7 Å². The maximum Gasteiger partial charge on any atom is 0.123 e. The number of nitrogens with zero attached hydrogens (tertiary/aromatic N) is 1. The van der Waals surface area contributed by atoms with Gasteiger partial charge in [0.15, 0.2) is 0 Å². The van der Waals surface area contributed by atoms with Gasteiger partial charge in [-0.25, -0.2) is 4.39 Å². The van der Waals surface area contributed by atoms with Crippen molar-refractivity contribution in [1.29, 1.82) is 0 Å². The molecular formula is C16H26ClFN2O2. The van der Waals surface area contributed by atoms with E-state index in [0.717, 1.165) is 31.7 Å². The lowest BCUT2D eigenvalue weighted by molar-refractivity contribution is 0.0291. The average molecular weight is 333 g/mol. The van der Waals surface area contributed by atoms with Crippen LogP contribution in [0.2, 0.25) is 0 Å². The molecule has 2 N–H and O–H groups in total. The Morgan fingerprint density at radius 1 is 1.36 bits per heavy atom. The summed E-state index contributed by atoms with van der Waals surface area (Å²) < 4.78 is 19.2. The van der Waals surface area contributed by atoms with Crippen molar-refractivity contribution in [3.63, 3.8) is 0 Å². The van der Waals surface area contributed by atoms with Crippen molar-refractivity contribution in [2.24, 2.45) is 5.41 Å². The van der Waals surface area contributed by atoms with Gasteiger partial charge in [-0.1, -0.05) is 13.8 Å². The van der Waals surface area contributed by atoms with Crippen molar-refractivity contribution < 1.29 is 14.2 Å². The van der Waals surface area contributed by atoms with E-state index < -0.39 is 5.41 Å². The lowest BCUT2D eigenvalue weighted by Gasteiger charge is -2.43. The zero-order chi connectivity index (χ0) is 15.5. The Balaban J connectivity index is 0.00000242. The van der Waals surface area contributed by atoms with Crippen molar-refractivity contribution in [3.8, 4) is 5.75 Å². The van der Waals surface area contributed by atoms with Gasteiger partial charge in [0.1, 0.15) is 11.6 Å². The van der Waals surface area contributed by atoms with E-state index in [1.54, 1.807) is 13.2 Å². The molecule has 0 amide bonds. The normalized spacial score (nSPS) is 17.7. The molecule has 4 nitrogen and oxygen atoms in total. The Morgan fingerprint density at radius 2 is 2.00 bits per heavy atom. The Labute approximate surface area is 138 Å². The van der Waals surface area contributed by atoms with E-state index in [0.29, 0.717) is 5.75 Å². The molecule has 1 aromatic rings. The van der Waals surface area contributed by atoms with Crippen molar-refractivity contribution in [2.75, 3.05) is 39.9 Å². The maximum atomic E-state index is 13.8. The van der Waals surface area contributed by atoms with Crippen molar-refractivity contribution in [2.45, 2.75) is 19.9 Å². The molecule has 0 radical (unpaired) electrons. The van der Waals surface area contributed by atoms with Gasteiger partial charge in [-0.05, 0) is 18.2 Å². The van der Waals surface area contributed by atoms with Crippen LogP contribution in [0.1, 0.15) is 25.5 Å². The standard InChI is InChI=1S/C16H25FN2O2.ClH/c1-16(2,11-20)15(19-8-6-18-7-9-19)13-10-12(17)4-5-14(13)21-3;/h4-5,10,15,18,20H,6-9,11H2,1-3H3;1H/t15-;/m1./s1. The van der Waals surface area contributed by atoms with Gasteiger partial charge in [-0.3, -0.25) is 4.90 Å². The zero-order valence-electron chi connectivity index (χ0n) is 13.4. The van der Waals surface area contributed by atoms with E-state index in [1.165, 1.54) is 12.1 Å². The summed E-state index contributed by atoms with van der Waals surface area (Å²) in [6.45, 7) is 7.57. The molecule has 22 heavy (non-hydrogen) atoms. The maximum absolute atomic E-state index is 13.8. The van der Waals surface area contributed by atoms with Crippen LogP contribution in [0.4, 0.5) is 4.39 Å². The number of benzene rings is 1. The molecule has 1 saturated heterocycles. The summed E-state index contributed by atoms with van der Waals surface area (Å²) in [6.07, 6.45) is 0. The summed E-state index contributed by atoms with van der Waals surface area (Å²) in [6, 6.07) is 4.51. The highest BCUT2D eigenvalue weighted by atomic mass is 35.5. The van der Waals surface area contributed by atoms with Crippen LogP contribution in [0, 0.1) is 11.2 Å². The number of ether oxygens (including phenoxy) is 1. The number of nitrogens with one attached hydrogen (secondary N) is 1. The summed E-state index contributed by atoms with van der Waals surface area (Å²) in [4.78, 5) is 2.30. The van der Waals surface area contributed by atoms with Gasteiger partial charge < -0.3 is 15.2 Å². The van der Waals surface area contributed by atoms with Crippen LogP contribution < -0.4 is 10.1 Å². The summed E-state index contributed by atoms with van der Waals surface area (Å²) in [5, 5.41) is 13.1. The van der Waals surface area contributed by atoms with E-state index in [9.17, 15) is 9.50 Å². The first-order valence-corrected chi connectivity index (χ1v) is 7.38. The fraction of sp³-hybridized carbons (Fsp3) is 0.625. The largest absolute Gasteiger partial charge is 0.496 e. The molecule has 1 heterocycles. The number of aliphatic hydroxyl groups excluding tert-OH is 1. The van der Waals surface area contributed by atoms with Crippen molar-refractivity contribution in [1.82, 2.24) is 10.2 Å². The second-order valence-electron chi connectivity index (χ2n) is 6.22. The monoisotopic (exact) mass is 332 g/mol. The van der Waals surface area contributed by atoms with Gasteiger partial charge in [0.05, 0.1) is 7.11 Å². The third kappa shape index (κ3) is 4.10. The molecule has 0 spiro atoms. The number of methoxy groups -OCH3 is 1. The molecule has 1 fully saturated rings. The minimum absolute atomic E-state index is 0. The van der Waals surface area contributed by atoms with Crippen LogP contribution in [0.15, 0.2) is 18.2 Å². The predicted molar refractivity (Wildman–Crippen MR) is 88.3 cm³/mol. The second-order valence-corrected chi connectivity index (χ2v) is 6.22. The molecule has 0 bridgehead atoms. The lowest BCUT2D eigenvalue weighted by Crippen LogP contribution is -2.49. The molecule has 1 atom stereocenters. The molecule has 2 rings (SSSR count). The third-order valence-corrected chi connectivity index (χ3v) is 4.15. The number of aliphatic hydroxyl groups is 1. The van der Waals surface area contributed by atoms with Crippen LogP contribution in [-0.2, 0) is 0 Å².